The van der Waals surface area contributed by atoms with Crippen molar-refractivity contribution in [1.82, 2.24) is 0 Å². The van der Waals surface area contributed by atoms with E-state index in [0.717, 1.165) is 25.7 Å². The third kappa shape index (κ3) is 9.93. The number of hydrogen-bond donors (Lipinski definition) is 1. The van der Waals surface area contributed by atoms with Crippen LogP contribution in [0.15, 0.2) is 0 Å². The molecule has 5 heteroatoms. The number of rotatable bonds is 13. The summed E-state index contributed by atoms with van der Waals surface area (Å²) in [6.07, 6.45) is 4.47. The number of carbonyl (C=O) groups is 2. The molecule has 5 nitrogen and oxygen atoms in total. The van der Waals surface area contributed by atoms with Crippen LogP contribution in [-0.2, 0) is 19.1 Å². The molecule has 2 N–H and O–H groups in total. The van der Waals surface area contributed by atoms with Crippen molar-refractivity contribution in [3.05, 3.63) is 0 Å². The Morgan fingerprint density at radius 2 is 1.48 bits per heavy atom. The predicted octanol–water partition coefficient (Wildman–Crippen LogP) is 6.13. The molecule has 0 aliphatic heterocycles. The maximum absolute atomic E-state index is 13.2. The van der Waals surface area contributed by atoms with Gasteiger partial charge in [-0.25, -0.2) is 0 Å². The lowest BCUT2D eigenvalue weighted by molar-refractivity contribution is -0.159. The molecule has 0 fully saturated rings. The summed E-state index contributed by atoms with van der Waals surface area (Å²) in [7, 11) is 1.42. The van der Waals surface area contributed by atoms with Gasteiger partial charge < -0.3 is 15.2 Å². The second kappa shape index (κ2) is 11.7. The lowest BCUT2D eigenvalue weighted by Crippen LogP contribution is -2.49. The maximum atomic E-state index is 13.2. The summed E-state index contributed by atoms with van der Waals surface area (Å²) in [5.41, 5.74) is 5.56. The van der Waals surface area contributed by atoms with Crippen molar-refractivity contribution in [3.63, 3.8) is 0 Å². The molecule has 0 bridgehead atoms. The molecule has 0 saturated heterocycles. The van der Waals surface area contributed by atoms with E-state index in [1.807, 2.05) is 13.8 Å². The maximum Gasteiger partial charge on any atom is 0.309 e. The first-order valence-corrected chi connectivity index (χ1v) is 11.9. The van der Waals surface area contributed by atoms with Crippen LogP contribution in [0.5, 0.6) is 0 Å². The van der Waals surface area contributed by atoms with Crippen LogP contribution in [-0.4, -0.2) is 31.2 Å². The molecule has 0 aliphatic carbocycles. The van der Waals surface area contributed by atoms with Gasteiger partial charge in [-0.3, -0.25) is 9.59 Å². The van der Waals surface area contributed by atoms with Crippen molar-refractivity contribution in [2.75, 3.05) is 13.7 Å². The fourth-order valence-corrected chi connectivity index (χ4v) is 4.15. The van der Waals surface area contributed by atoms with Gasteiger partial charge >= 0.3 is 11.9 Å². The highest BCUT2D eigenvalue weighted by atomic mass is 16.5. The number of ether oxygens (including phenoxy) is 2. The Labute approximate surface area is 192 Å². The van der Waals surface area contributed by atoms with Crippen molar-refractivity contribution in [2.24, 2.45) is 33.8 Å². The van der Waals surface area contributed by atoms with Crippen molar-refractivity contribution in [1.29, 1.82) is 0 Å². The van der Waals surface area contributed by atoms with E-state index in [2.05, 4.69) is 55.4 Å². The fraction of sp³-hybridized carbons (Fsp3) is 0.923. The zero-order chi connectivity index (χ0) is 24.7. The zero-order valence-electron chi connectivity index (χ0n) is 22.3. The number of esters is 2. The molecule has 31 heavy (non-hydrogen) atoms. The van der Waals surface area contributed by atoms with Gasteiger partial charge in [0.1, 0.15) is 0 Å². The average molecular weight is 442 g/mol. The van der Waals surface area contributed by atoms with Crippen LogP contribution in [0.4, 0.5) is 0 Å². The molecule has 0 saturated carbocycles. The third-order valence-electron chi connectivity index (χ3n) is 7.19. The smallest absolute Gasteiger partial charge is 0.309 e. The Kier molecular flexibility index (Phi) is 11.3. The molecule has 184 valence electrons. The first-order chi connectivity index (χ1) is 13.9. The monoisotopic (exact) mass is 441 g/mol. The van der Waals surface area contributed by atoms with E-state index in [4.69, 9.17) is 15.2 Å². The van der Waals surface area contributed by atoms with Crippen LogP contribution in [0, 0.1) is 28.1 Å². The van der Waals surface area contributed by atoms with Gasteiger partial charge in [0.15, 0.2) is 0 Å². The molecule has 0 spiro atoms. The molecule has 2 unspecified atom stereocenters. The van der Waals surface area contributed by atoms with E-state index in [1.165, 1.54) is 7.11 Å². The van der Waals surface area contributed by atoms with E-state index in [9.17, 15) is 9.59 Å². The Morgan fingerprint density at radius 3 is 1.90 bits per heavy atom. The minimum absolute atomic E-state index is 0.000777. The lowest BCUT2D eigenvalue weighted by Gasteiger charge is -2.50. The molecule has 0 heterocycles. The largest absolute Gasteiger partial charge is 0.469 e. The van der Waals surface area contributed by atoms with Crippen LogP contribution >= 0.6 is 0 Å². The van der Waals surface area contributed by atoms with Gasteiger partial charge in [-0.15, -0.1) is 0 Å². The summed E-state index contributed by atoms with van der Waals surface area (Å²) in [4.78, 5) is 25.0. The Balaban J connectivity index is 5.83. The summed E-state index contributed by atoms with van der Waals surface area (Å²) in [6, 6.07) is 0. The molecule has 2 atom stereocenters. The molecule has 0 radical (unpaired) electrons. The Bertz CT molecular complexity index is 567. The van der Waals surface area contributed by atoms with Gasteiger partial charge in [0.2, 0.25) is 0 Å². The van der Waals surface area contributed by atoms with Crippen LogP contribution in [0.3, 0.4) is 0 Å². The van der Waals surface area contributed by atoms with Gasteiger partial charge in [0, 0.05) is 12.0 Å². The highest BCUT2D eigenvalue weighted by Crippen LogP contribution is 2.52. The van der Waals surface area contributed by atoms with E-state index in [0.29, 0.717) is 19.4 Å². The molecule has 0 rings (SSSR count). The first kappa shape index (κ1) is 29.9. The van der Waals surface area contributed by atoms with Crippen LogP contribution < -0.4 is 5.73 Å². The highest BCUT2D eigenvalue weighted by Gasteiger charge is 2.49. The molecular weight excluding hydrogens is 390 g/mol. The third-order valence-corrected chi connectivity index (χ3v) is 7.19. The molecule has 0 aromatic rings. The van der Waals surface area contributed by atoms with E-state index in [1.54, 1.807) is 0 Å². The van der Waals surface area contributed by atoms with Gasteiger partial charge in [-0.1, -0.05) is 61.8 Å². The molecule has 0 aromatic carbocycles. The summed E-state index contributed by atoms with van der Waals surface area (Å²) in [5.74, 6) is -0.412. The lowest BCUT2D eigenvalue weighted by atomic mass is 9.55. The normalized spacial score (nSPS) is 15.4. The Hall–Kier alpha value is -1.10. The average Bonchev–Trinajstić information content (AvgIpc) is 2.60. The van der Waals surface area contributed by atoms with E-state index >= 15 is 0 Å². The van der Waals surface area contributed by atoms with Crippen LogP contribution in [0.25, 0.3) is 0 Å². The van der Waals surface area contributed by atoms with Crippen molar-refractivity contribution in [3.8, 4) is 0 Å². The predicted molar refractivity (Wildman–Crippen MR) is 129 cm³/mol. The minimum atomic E-state index is -0.442. The number of nitrogens with two attached hydrogens (primary N) is 1. The molecular formula is C26H51NO4. The SMILES string of the molecule is CCCCOC(=O)C(CC(C)(C)C)C(C)(C)C(C)(C)CC(CCC(=O)OC)C(C)(C)N. The highest BCUT2D eigenvalue weighted by molar-refractivity contribution is 5.73. The van der Waals surface area contributed by atoms with Gasteiger partial charge in [0.05, 0.1) is 19.6 Å². The topological polar surface area (TPSA) is 78.6 Å². The summed E-state index contributed by atoms with van der Waals surface area (Å²) >= 11 is 0. The fourth-order valence-electron chi connectivity index (χ4n) is 4.15. The van der Waals surface area contributed by atoms with Crippen LogP contribution in [0.2, 0.25) is 0 Å². The van der Waals surface area contributed by atoms with Crippen molar-refractivity contribution < 1.29 is 19.1 Å². The van der Waals surface area contributed by atoms with Crippen molar-refractivity contribution in [2.45, 2.75) is 113 Å². The molecule has 0 amide bonds. The minimum Gasteiger partial charge on any atom is -0.469 e. The van der Waals surface area contributed by atoms with Crippen molar-refractivity contribution >= 4 is 11.9 Å². The van der Waals surface area contributed by atoms with Gasteiger partial charge in [-0.05, 0) is 61.7 Å². The Morgan fingerprint density at radius 1 is 0.935 bits per heavy atom. The summed E-state index contributed by atoms with van der Waals surface area (Å²) < 4.78 is 10.6. The standard InChI is InChI=1S/C26H51NO4/c1-12-13-16-31-22(29)20(18-23(2,3)4)25(7,8)24(5,6)17-19(26(9,10)27)14-15-21(28)30-11/h19-20H,12-18,27H2,1-11H3. The first-order valence-electron chi connectivity index (χ1n) is 11.9. The quantitative estimate of drug-likeness (QED) is 0.275. The molecule has 0 aliphatic rings. The second-order valence-electron chi connectivity index (χ2n) is 12.3. The second-order valence-corrected chi connectivity index (χ2v) is 12.3. The van der Waals surface area contributed by atoms with Crippen LogP contribution in [0.1, 0.15) is 108 Å². The van der Waals surface area contributed by atoms with E-state index in [-0.39, 0.29) is 40.0 Å². The summed E-state index contributed by atoms with van der Waals surface area (Å²) in [5, 5.41) is 0. The number of unbranched alkanes of at least 4 members (excludes halogenated alkanes) is 1. The van der Waals surface area contributed by atoms with Gasteiger partial charge in [0.25, 0.3) is 0 Å². The number of methoxy groups -OCH3 is 1. The number of hydrogen-bond acceptors (Lipinski definition) is 5. The van der Waals surface area contributed by atoms with E-state index < -0.39 is 5.54 Å². The molecule has 0 aromatic heterocycles. The number of carbonyl (C=O) groups excluding carboxylic acids is 2. The van der Waals surface area contributed by atoms with Gasteiger partial charge in [-0.2, -0.15) is 0 Å². The zero-order valence-corrected chi connectivity index (χ0v) is 22.3. The summed E-state index contributed by atoms with van der Waals surface area (Å²) in [6.45, 7) is 21.9.